The van der Waals surface area contributed by atoms with Gasteiger partial charge in [0.05, 0.1) is 17.6 Å². The predicted octanol–water partition coefficient (Wildman–Crippen LogP) is 3.74. The Hall–Kier alpha value is -0.810. The van der Waals surface area contributed by atoms with Crippen molar-refractivity contribution >= 4 is 22.8 Å². The Kier molecular flexibility index (Phi) is 6.27. The highest BCUT2D eigenvalue weighted by Crippen LogP contribution is 2.41. The van der Waals surface area contributed by atoms with Gasteiger partial charge in [0.2, 0.25) is 0 Å². The molecule has 4 nitrogen and oxygen atoms in total. The normalized spacial score (nSPS) is 29.0. The quantitative estimate of drug-likeness (QED) is 0.581. The minimum absolute atomic E-state index is 0.0118. The van der Waals surface area contributed by atoms with E-state index in [4.69, 9.17) is 9.47 Å². The van der Waals surface area contributed by atoms with Crippen LogP contribution in [0.25, 0.3) is 0 Å². The third kappa shape index (κ3) is 5.13. The van der Waals surface area contributed by atoms with Crippen molar-refractivity contribution < 1.29 is 19.1 Å². The molecule has 0 radical (unpaired) electrons. The highest BCUT2D eigenvalue weighted by Gasteiger charge is 2.47. The van der Waals surface area contributed by atoms with Gasteiger partial charge < -0.3 is 9.47 Å². The molecule has 1 saturated carbocycles. The van der Waals surface area contributed by atoms with E-state index < -0.39 is 11.6 Å². The molecule has 22 heavy (non-hydrogen) atoms. The molecule has 3 atom stereocenters. The Balaban J connectivity index is 2.92. The van der Waals surface area contributed by atoms with Crippen molar-refractivity contribution in [3.63, 3.8) is 0 Å². The number of hydrogen-bond acceptors (Lipinski definition) is 5. The summed E-state index contributed by atoms with van der Waals surface area (Å²) in [5.74, 6) is -0.788. The molecule has 5 heteroatoms. The fourth-order valence-corrected chi connectivity index (χ4v) is 3.40. The van der Waals surface area contributed by atoms with Crippen LogP contribution in [0, 0.1) is 5.92 Å². The molecule has 1 aliphatic carbocycles. The predicted molar refractivity (Wildman–Crippen MR) is 89.8 cm³/mol. The minimum Gasteiger partial charge on any atom is -0.455 e. The smallest absolute Gasteiger partial charge is 0.333 e. The zero-order valence-corrected chi connectivity index (χ0v) is 15.3. The van der Waals surface area contributed by atoms with Gasteiger partial charge >= 0.3 is 5.97 Å². The highest BCUT2D eigenvalue weighted by atomic mass is 32.2. The second kappa shape index (κ2) is 7.18. The summed E-state index contributed by atoms with van der Waals surface area (Å²) in [5, 5.41) is 0.0409. The zero-order chi connectivity index (χ0) is 17.1. The van der Waals surface area contributed by atoms with Gasteiger partial charge in [0.15, 0.2) is 5.12 Å². The molecule has 0 N–H and O–H groups in total. The molecule has 0 aliphatic heterocycles. The van der Waals surface area contributed by atoms with E-state index in [1.807, 2.05) is 27.7 Å². The molecule has 0 aromatic carbocycles. The molecular formula is C17H28O4S. The summed E-state index contributed by atoms with van der Waals surface area (Å²) in [6.45, 7) is 13.1. The number of carbonyl (C=O) groups excluding carboxylic acids is 2. The Morgan fingerprint density at radius 1 is 1.32 bits per heavy atom. The second-order valence-corrected chi connectivity index (χ2v) is 8.00. The first-order valence-electron chi connectivity index (χ1n) is 7.63. The molecule has 126 valence electrons. The molecule has 0 heterocycles. The summed E-state index contributed by atoms with van der Waals surface area (Å²) < 4.78 is 11.7. The van der Waals surface area contributed by atoms with Crippen LogP contribution in [0.2, 0.25) is 0 Å². The molecular weight excluding hydrogens is 300 g/mol. The van der Waals surface area contributed by atoms with E-state index in [0.717, 1.165) is 6.42 Å². The van der Waals surface area contributed by atoms with Crippen molar-refractivity contribution in [2.24, 2.45) is 5.92 Å². The van der Waals surface area contributed by atoms with Gasteiger partial charge in [0.1, 0.15) is 5.60 Å². The first-order valence-corrected chi connectivity index (χ1v) is 8.85. The maximum Gasteiger partial charge on any atom is 0.333 e. The lowest BCUT2D eigenvalue weighted by molar-refractivity contribution is -0.175. The van der Waals surface area contributed by atoms with Crippen LogP contribution < -0.4 is 0 Å². The highest BCUT2D eigenvalue weighted by molar-refractivity contribution is 8.13. The lowest BCUT2D eigenvalue weighted by Crippen LogP contribution is -2.49. The van der Waals surface area contributed by atoms with E-state index in [2.05, 4.69) is 6.58 Å². The van der Waals surface area contributed by atoms with Crippen LogP contribution in [0.4, 0.5) is 0 Å². The minimum atomic E-state index is -0.784. The van der Waals surface area contributed by atoms with Crippen LogP contribution in [-0.4, -0.2) is 34.6 Å². The van der Waals surface area contributed by atoms with E-state index >= 15 is 0 Å². The van der Waals surface area contributed by atoms with Gasteiger partial charge in [-0.1, -0.05) is 18.3 Å². The molecule has 0 amide bonds. The van der Waals surface area contributed by atoms with Gasteiger partial charge in [-0.05, 0) is 60.1 Å². The lowest BCUT2D eigenvalue weighted by atomic mass is 9.75. The molecule has 1 aliphatic rings. The van der Waals surface area contributed by atoms with E-state index in [1.165, 1.54) is 11.8 Å². The molecule has 0 spiro atoms. The van der Waals surface area contributed by atoms with E-state index in [0.29, 0.717) is 18.4 Å². The van der Waals surface area contributed by atoms with Gasteiger partial charge in [0.25, 0.3) is 0 Å². The molecule has 0 saturated heterocycles. The summed E-state index contributed by atoms with van der Waals surface area (Å²) in [4.78, 5) is 24.3. The Bertz CT molecular complexity index is 452. The van der Waals surface area contributed by atoms with Crippen molar-refractivity contribution in [2.45, 2.75) is 71.2 Å². The summed E-state index contributed by atoms with van der Waals surface area (Å²) in [6, 6.07) is 0. The first-order chi connectivity index (χ1) is 9.98. The monoisotopic (exact) mass is 328 g/mol. The fraction of sp³-hybridized carbons (Fsp3) is 0.765. The lowest BCUT2D eigenvalue weighted by Gasteiger charge is -2.43. The van der Waals surface area contributed by atoms with Crippen LogP contribution >= 0.6 is 11.8 Å². The molecule has 0 bridgehead atoms. The van der Waals surface area contributed by atoms with Crippen LogP contribution in [0.15, 0.2) is 12.2 Å². The Morgan fingerprint density at radius 2 is 1.91 bits per heavy atom. The number of rotatable bonds is 4. The number of esters is 1. The molecule has 1 rings (SSSR count). The van der Waals surface area contributed by atoms with Crippen LogP contribution in [0.5, 0.6) is 0 Å². The Labute approximate surface area is 138 Å². The molecule has 0 aromatic rings. The Morgan fingerprint density at radius 3 is 2.36 bits per heavy atom. The van der Waals surface area contributed by atoms with Gasteiger partial charge in [-0.3, -0.25) is 4.79 Å². The van der Waals surface area contributed by atoms with Crippen molar-refractivity contribution in [3.05, 3.63) is 12.2 Å². The average Bonchev–Trinajstić information content (AvgIpc) is 2.38. The third-order valence-corrected chi connectivity index (χ3v) is 4.57. The van der Waals surface area contributed by atoms with Crippen LogP contribution in [0.1, 0.15) is 53.9 Å². The van der Waals surface area contributed by atoms with Crippen LogP contribution in [-0.2, 0) is 19.1 Å². The zero-order valence-electron chi connectivity index (χ0n) is 14.5. The summed E-state index contributed by atoms with van der Waals surface area (Å²) in [7, 11) is 0. The number of hydrogen-bond donors (Lipinski definition) is 0. The van der Waals surface area contributed by atoms with Crippen molar-refractivity contribution in [1.82, 2.24) is 0 Å². The first kappa shape index (κ1) is 19.2. The largest absolute Gasteiger partial charge is 0.455 e. The molecule has 3 unspecified atom stereocenters. The fourth-order valence-electron chi connectivity index (χ4n) is 2.77. The standard InChI is InChI=1S/C17H28O4S/c1-11(2)14(18)21-17(6)9-8-12(20-16(3,4)5)10-13(17)15(19)22-7/h12-13H,1,8-10H2,2-7H3. The average molecular weight is 328 g/mol. The number of carbonyl (C=O) groups is 2. The maximum absolute atomic E-state index is 12.3. The summed E-state index contributed by atoms with van der Waals surface area (Å²) in [6.07, 6.45) is 3.74. The second-order valence-electron chi connectivity index (χ2n) is 7.18. The van der Waals surface area contributed by atoms with Gasteiger partial charge in [-0.15, -0.1) is 0 Å². The van der Waals surface area contributed by atoms with Crippen molar-refractivity contribution in [3.8, 4) is 0 Å². The molecule has 0 aromatic heterocycles. The van der Waals surface area contributed by atoms with E-state index in [1.54, 1.807) is 13.2 Å². The number of thioether (sulfide) groups is 1. The van der Waals surface area contributed by atoms with Crippen molar-refractivity contribution in [1.29, 1.82) is 0 Å². The maximum atomic E-state index is 12.3. The van der Waals surface area contributed by atoms with E-state index in [-0.39, 0.29) is 22.7 Å². The summed E-state index contributed by atoms with van der Waals surface area (Å²) in [5.41, 5.74) is -0.683. The third-order valence-electron chi connectivity index (χ3n) is 3.88. The van der Waals surface area contributed by atoms with E-state index in [9.17, 15) is 9.59 Å². The topological polar surface area (TPSA) is 52.6 Å². The van der Waals surface area contributed by atoms with Gasteiger partial charge in [-0.25, -0.2) is 4.79 Å². The number of ether oxygens (including phenoxy) is 2. The molecule has 1 fully saturated rings. The SMILES string of the molecule is C=C(C)C(=O)OC1(C)CCC(OC(C)(C)C)CC1C(=O)SC. The van der Waals surface area contributed by atoms with Gasteiger partial charge in [-0.2, -0.15) is 0 Å². The van der Waals surface area contributed by atoms with Crippen LogP contribution in [0.3, 0.4) is 0 Å². The summed E-state index contributed by atoms with van der Waals surface area (Å²) >= 11 is 1.18. The van der Waals surface area contributed by atoms with Gasteiger partial charge in [0, 0.05) is 5.57 Å². The van der Waals surface area contributed by atoms with Crippen molar-refractivity contribution in [2.75, 3.05) is 6.26 Å².